The topological polar surface area (TPSA) is 49.4 Å². The van der Waals surface area contributed by atoms with E-state index in [0.717, 1.165) is 22.4 Å². The van der Waals surface area contributed by atoms with Gasteiger partial charge in [-0.25, -0.2) is 4.90 Å². The molecule has 3 aromatic carbocycles. The van der Waals surface area contributed by atoms with Gasteiger partial charge in [-0.1, -0.05) is 48.0 Å². The first-order valence-electron chi connectivity index (χ1n) is 9.65. The number of anilines is 2. The molecule has 4 nitrogen and oxygen atoms in total. The largest absolute Gasteiger partial charge is 0.350 e. The third-order valence-electron chi connectivity index (χ3n) is 5.37. The standard InChI is InChI=1S/C25H21ClN2O2/c1-15-8-9-18(14-17(15)3)22-23(27-21-7-5-4-6-16(21)2)25(30)28(24(22)29)20-12-10-19(26)11-13-20/h4-14,27H,1-3H3. The second-order valence-corrected chi connectivity index (χ2v) is 7.85. The Morgan fingerprint density at radius 2 is 1.47 bits per heavy atom. The number of nitrogens with one attached hydrogen (secondary N) is 1. The number of benzene rings is 3. The molecule has 0 unspecified atom stereocenters. The molecule has 0 aromatic heterocycles. The summed E-state index contributed by atoms with van der Waals surface area (Å²) in [6, 6.07) is 20.1. The molecule has 3 aromatic rings. The predicted octanol–water partition coefficient (Wildman–Crippen LogP) is 5.66. The molecule has 0 aliphatic carbocycles. The highest BCUT2D eigenvalue weighted by Gasteiger charge is 2.40. The first kappa shape index (κ1) is 19.9. The summed E-state index contributed by atoms with van der Waals surface area (Å²) in [4.78, 5) is 28.1. The molecule has 0 spiro atoms. The number of nitrogens with zero attached hydrogens (tertiary/aromatic N) is 1. The molecule has 0 fully saturated rings. The van der Waals surface area contributed by atoms with Gasteiger partial charge in [-0.05, 0) is 73.4 Å². The van der Waals surface area contributed by atoms with Crippen LogP contribution in [0.4, 0.5) is 11.4 Å². The average Bonchev–Trinajstić information content (AvgIpc) is 2.96. The highest BCUT2D eigenvalue weighted by molar-refractivity contribution is 6.46. The highest BCUT2D eigenvalue weighted by Crippen LogP contribution is 2.35. The summed E-state index contributed by atoms with van der Waals surface area (Å²) in [6.45, 7) is 5.96. The van der Waals surface area contributed by atoms with Crippen LogP contribution in [0.2, 0.25) is 5.02 Å². The van der Waals surface area contributed by atoms with E-state index in [1.165, 1.54) is 4.90 Å². The number of carbonyl (C=O) groups is 2. The summed E-state index contributed by atoms with van der Waals surface area (Å²) in [6.07, 6.45) is 0. The molecule has 1 N–H and O–H groups in total. The van der Waals surface area contributed by atoms with E-state index in [1.54, 1.807) is 24.3 Å². The zero-order chi connectivity index (χ0) is 21.4. The molecule has 5 heteroatoms. The Kier molecular flexibility index (Phi) is 5.18. The second kappa shape index (κ2) is 7.81. The van der Waals surface area contributed by atoms with Crippen molar-refractivity contribution in [3.63, 3.8) is 0 Å². The normalized spacial score (nSPS) is 13.9. The Hall–Kier alpha value is -3.37. The maximum atomic E-state index is 13.5. The molecule has 150 valence electrons. The summed E-state index contributed by atoms with van der Waals surface area (Å²) >= 11 is 5.99. The number of para-hydroxylation sites is 1. The molecule has 1 aliphatic heterocycles. The number of halogens is 1. The Balaban J connectivity index is 1.86. The van der Waals surface area contributed by atoms with Crippen LogP contribution in [0.1, 0.15) is 22.3 Å². The summed E-state index contributed by atoms with van der Waals surface area (Å²) < 4.78 is 0. The molecule has 0 saturated carbocycles. The van der Waals surface area contributed by atoms with Crippen LogP contribution < -0.4 is 10.2 Å². The number of hydrogen-bond acceptors (Lipinski definition) is 3. The van der Waals surface area contributed by atoms with Gasteiger partial charge < -0.3 is 5.32 Å². The summed E-state index contributed by atoms with van der Waals surface area (Å²) in [5.74, 6) is -0.750. The van der Waals surface area contributed by atoms with E-state index in [0.29, 0.717) is 21.8 Å². The van der Waals surface area contributed by atoms with Gasteiger partial charge in [0.15, 0.2) is 0 Å². The van der Waals surface area contributed by atoms with Crippen molar-refractivity contribution in [1.29, 1.82) is 0 Å². The number of rotatable bonds is 4. The van der Waals surface area contributed by atoms with E-state index >= 15 is 0 Å². The Labute approximate surface area is 180 Å². The quantitative estimate of drug-likeness (QED) is 0.558. The van der Waals surface area contributed by atoms with Gasteiger partial charge in [0, 0.05) is 10.7 Å². The fourth-order valence-electron chi connectivity index (χ4n) is 3.48. The monoisotopic (exact) mass is 416 g/mol. The third-order valence-corrected chi connectivity index (χ3v) is 5.62. The van der Waals surface area contributed by atoms with Crippen molar-refractivity contribution in [2.45, 2.75) is 20.8 Å². The number of imide groups is 1. The minimum atomic E-state index is -0.390. The predicted molar refractivity (Wildman–Crippen MR) is 122 cm³/mol. The first-order valence-corrected chi connectivity index (χ1v) is 10.0. The van der Waals surface area contributed by atoms with Gasteiger partial charge in [0.05, 0.1) is 11.3 Å². The lowest BCUT2D eigenvalue weighted by Crippen LogP contribution is -2.32. The zero-order valence-corrected chi connectivity index (χ0v) is 17.7. The minimum Gasteiger partial charge on any atom is -0.350 e. The van der Waals surface area contributed by atoms with Crippen molar-refractivity contribution in [1.82, 2.24) is 0 Å². The van der Waals surface area contributed by atoms with Gasteiger partial charge >= 0.3 is 0 Å². The fraction of sp³-hybridized carbons (Fsp3) is 0.120. The van der Waals surface area contributed by atoms with Crippen molar-refractivity contribution >= 4 is 40.4 Å². The maximum absolute atomic E-state index is 13.5. The molecule has 0 saturated heterocycles. The van der Waals surface area contributed by atoms with Crippen molar-refractivity contribution in [3.05, 3.63) is 99.7 Å². The van der Waals surface area contributed by atoms with E-state index in [2.05, 4.69) is 5.32 Å². The molecule has 1 heterocycles. The lowest BCUT2D eigenvalue weighted by Gasteiger charge is -2.16. The molecule has 0 atom stereocenters. The molecular weight excluding hydrogens is 396 g/mol. The van der Waals surface area contributed by atoms with E-state index in [-0.39, 0.29) is 17.5 Å². The van der Waals surface area contributed by atoms with Crippen LogP contribution in [-0.2, 0) is 9.59 Å². The second-order valence-electron chi connectivity index (χ2n) is 7.41. The van der Waals surface area contributed by atoms with Crippen LogP contribution in [0, 0.1) is 20.8 Å². The lowest BCUT2D eigenvalue weighted by atomic mass is 9.99. The van der Waals surface area contributed by atoms with Crippen LogP contribution in [0.25, 0.3) is 5.57 Å². The third kappa shape index (κ3) is 3.51. The number of carbonyl (C=O) groups excluding carboxylic acids is 2. The van der Waals surface area contributed by atoms with Crippen LogP contribution in [-0.4, -0.2) is 11.8 Å². The van der Waals surface area contributed by atoms with Crippen LogP contribution >= 0.6 is 11.6 Å². The summed E-state index contributed by atoms with van der Waals surface area (Å²) in [7, 11) is 0. The smallest absolute Gasteiger partial charge is 0.282 e. The molecule has 0 bridgehead atoms. The van der Waals surface area contributed by atoms with Crippen LogP contribution in [0.3, 0.4) is 0 Å². The molecule has 1 aliphatic rings. The van der Waals surface area contributed by atoms with Gasteiger partial charge in [0.1, 0.15) is 5.70 Å². The van der Waals surface area contributed by atoms with Gasteiger partial charge in [-0.2, -0.15) is 0 Å². The van der Waals surface area contributed by atoms with Gasteiger partial charge in [0.25, 0.3) is 11.8 Å². The van der Waals surface area contributed by atoms with Crippen LogP contribution in [0.5, 0.6) is 0 Å². The highest BCUT2D eigenvalue weighted by atomic mass is 35.5. The van der Waals surface area contributed by atoms with E-state index in [4.69, 9.17) is 11.6 Å². The number of amides is 2. The maximum Gasteiger partial charge on any atom is 0.282 e. The first-order chi connectivity index (χ1) is 14.4. The van der Waals surface area contributed by atoms with Crippen molar-refractivity contribution < 1.29 is 9.59 Å². The van der Waals surface area contributed by atoms with E-state index < -0.39 is 0 Å². The summed E-state index contributed by atoms with van der Waals surface area (Å²) in [5.41, 5.74) is 5.78. The fourth-order valence-corrected chi connectivity index (χ4v) is 3.61. The van der Waals surface area contributed by atoms with E-state index in [9.17, 15) is 9.59 Å². The van der Waals surface area contributed by atoms with Crippen molar-refractivity contribution in [3.8, 4) is 0 Å². The number of aryl methyl sites for hydroxylation is 3. The van der Waals surface area contributed by atoms with Gasteiger partial charge in [-0.3, -0.25) is 9.59 Å². The molecule has 2 amide bonds. The molecule has 0 radical (unpaired) electrons. The van der Waals surface area contributed by atoms with Crippen molar-refractivity contribution in [2.24, 2.45) is 0 Å². The molecule has 30 heavy (non-hydrogen) atoms. The minimum absolute atomic E-state index is 0.271. The molecule has 4 rings (SSSR count). The Bertz CT molecular complexity index is 1200. The van der Waals surface area contributed by atoms with Gasteiger partial charge in [-0.15, -0.1) is 0 Å². The average molecular weight is 417 g/mol. The molecular formula is C25H21ClN2O2. The zero-order valence-electron chi connectivity index (χ0n) is 17.0. The van der Waals surface area contributed by atoms with Crippen molar-refractivity contribution in [2.75, 3.05) is 10.2 Å². The Morgan fingerprint density at radius 1 is 0.767 bits per heavy atom. The summed E-state index contributed by atoms with van der Waals surface area (Å²) in [5, 5.41) is 3.76. The van der Waals surface area contributed by atoms with Gasteiger partial charge in [0.2, 0.25) is 0 Å². The van der Waals surface area contributed by atoms with Crippen LogP contribution in [0.15, 0.2) is 72.4 Å². The van der Waals surface area contributed by atoms with E-state index in [1.807, 2.05) is 63.2 Å². The Morgan fingerprint density at radius 3 is 2.13 bits per heavy atom. The SMILES string of the molecule is Cc1ccc(C2=C(Nc3ccccc3C)C(=O)N(c3ccc(Cl)cc3)C2=O)cc1C. The lowest BCUT2D eigenvalue weighted by molar-refractivity contribution is -0.120. The number of hydrogen-bond donors (Lipinski definition) is 1.